The minimum absolute atomic E-state index is 0.0295. The Labute approximate surface area is 144 Å². The van der Waals surface area contributed by atoms with Crippen LogP contribution in [0.3, 0.4) is 0 Å². The molecule has 0 saturated heterocycles. The molecule has 1 aliphatic rings. The van der Waals surface area contributed by atoms with E-state index < -0.39 is 5.97 Å². The Balaban J connectivity index is 1.97. The minimum Gasteiger partial charge on any atom is -0.460 e. The Hall–Kier alpha value is -1.47. The molecule has 1 aromatic carbocycles. The second kappa shape index (κ2) is 7.69. The minimum atomic E-state index is -0.468. The molecule has 1 aliphatic heterocycles. The van der Waals surface area contributed by atoms with E-state index in [4.69, 9.17) is 4.74 Å². The highest BCUT2D eigenvalue weighted by atomic mass is 79.9. The van der Waals surface area contributed by atoms with Gasteiger partial charge in [-0.3, -0.25) is 14.5 Å². The summed E-state index contributed by atoms with van der Waals surface area (Å²) < 4.78 is 5.18. The first-order chi connectivity index (χ1) is 10.6. The molecule has 0 N–H and O–H groups in total. The third-order valence-corrected chi connectivity index (χ3v) is 4.39. The molecule has 7 heteroatoms. The van der Waals surface area contributed by atoms with Gasteiger partial charge in [0.25, 0.3) is 11.8 Å². The summed E-state index contributed by atoms with van der Waals surface area (Å²) >= 11 is 6.68. The van der Waals surface area contributed by atoms with Gasteiger partial charge in [0, 0.05) is 22.8 Å². The first kappa shape index (κ1) is 16.9. The number of amides is 2. The van der Waals surface area contributed by atoms with Crippen molar-refractivity contribution in [2.45, 2.75) is 10.7 Å². The van der Waals surface area contributed by atoms with Gasteiger partial charge in [-0.25, -0.2) is 4.79 Å². The standard InChI is InChI=1S/C15H13Br2NO4/c16-8-10-1-2-11(9-17)12(7-10)15(21)22-6-5-18-13(19)3-4-14(18)20/h1-4,7H,5-6,8-9H2. The van der Waals surface area contributed by atoms with Gasteiger partial charge < -0.3 is 4.74 Å². The van der Waals surface area contributed by atoms with Crippen LogP contribution in [0.1, 0.15) is 21.5 Å². The predicted molar refractivity (Wildman–Crippen MR) is 87.8 cm³/mol. The van der Waals surface area contributed by atoms with E-state index in [9.17, 15) is 14.4 Å². The van der Waals surface area contributed by atoms with Crippen LogP contribution >= 0.6 is 31.9 Å². The Morgan fingerprint density at radius 2 is 1.77 bits per heavy atom. The molecule has 0 aliphatic carbocycles. The fourth-order valence-electron chi connectivity index (χ4n) is 1.97. The largest absolute Gasteiger partial charge is 0.460 e. The number of ether oxygens (including phenoxy) is 1. The van der Waals surface area contributed by atoms with E-state index in [1.165, 1.54) is 12.2 Å². The maximum absolute atomic E-state index is 12.2. The smallest absolute Gasteiger partial charge is 0.338 e. The maximum Gasteiger partial charge on any atom is 0.338 e. The topological polar surface area (TPSA) is 63.7 Å². The lowest BCUT2D eigenvalue weighted by Crippen LogP contribution is -2.33. The van der Waals surface area contributed by atoms with Crippen molar-refractivity contribution in [3.05, 3.63) is 47.0 Å². The van der Waals surface area contributed by atoms with Crippen LogP contribution in [-0.2, 0) is 25.0 Å². The molecule has 0 fully saturated rings. The molecule has 0 saturated carbocycles. The van der Waals surface area contributed by atoms with Crippen molar-refractivity contribution >= 4 is 49.6 Å². The van der Waals surface area contributed by atoms with Gasteiger partial charge in [-0.1, -0.05) is 44.0 Å². The van der Waals surface area contributed by atoms with Crippen LogP contribution in [-0.4, -0.2) is 35.8 Å². The first-order valence-electron chi connectivity index (χ1n) is 6.51. The summed E-state index contributed by atoms with van der Waals surface area (Å²) in [4.78, 5) is 36.0. The van der Waals surface area contributed by atoms with E-state index in [-0.39, 0.29) is 25.0 Å². The van der Waals surface area contributed by atoms with Crippen molar-refractivity contribution in [1.82, 2.24) is 4.90 Å². The number of halogens is 2. The van der Waals surface area contributed by atoms with E-state index >= 15 is 0 Å². The van der Waals surface area contributed by atoms with Crippen LogP contribution in [0.5, 0.6) is 0 Å². The van der Waals surface area contributed by atoms with Gasteiger partial charge in [0.2, 0.25) is 0 Å². The summed E-state index contributed by atoms with van der Waals surface area (Å²) in [6, 6.07) is 5.55. The Morgan fingerprint density at radius 1 is 1.09 bits per heavy atom. The number of carbonyl (C=O) groups excluding carboxylic acids is 3. The molecule has 2 rings (SSSR count). The van der Waals surface area contributed by atoms with Crippen molar-refractivity contribution in [3.8, 4) is 0 Å². The molecular formula is C15H13Br2NO4. The maximum atomic E-state index is 12.2. The fraction of sp³-hybridized carbons (Fsp3) is 0.267. The highest BCUT2D eigenvalue weighted by molar-refractivity contribution is 9.08. The van der Waals surface area contributed by atoms with Gasteiger partial charge in [0.1, 0.15) is 6.61 Å². The highest BCUT2D eigenvalue weighted by Gasteiger charge is 2.23. The van der Waals surface area contributed by atoms with E-state index in [0.29, 0.717) is 16.2 Å². The number of hydrogen-bond donors (Lipinski definition) is 0. The summed E-state index contributed by atoms with van der Waals surface area (Å²) in [7, 11) is 0. The van der Waals surface area contributed by atoms with E-state index in [1.807, 2.05) is 12.1 Å². The number of benzene rings is 1. The Morgan fingerprint density at radius 3 is 2.36 bits per heavy atom. The number of rotatable bonds is 6. The molecule has 1 heterocycles. The molecule has 0 radical (unpaired) electrons. The third-order valence-electron chi connectivity index (χ3n) is 3.14. The average molecular weight is 431 g/mol. The van der Waals surface area contributed by atoms with Crippen LogP contribution in [0.2, 0.25) is 0 Å². The number of alkyl halides is 2. The zero-order chi connectivity index (χ0) is 16.1. The SMILES string of the molecule is O=C(OCCN1C(=O)C=CC1=O)c1cc(CBr)ccc1CBr. The number of esters is 1. The lowest BCUT2D eigenvalue weighted by molar-refractivity contribution is -0.137. The summed E-state index contributed by atoms with van der Waals surface area (Å²) in [6.45, 7) is 0.0243. The van der Waals surface area contributed by atoms with E-state index in [1.54, 1.807) is 6.07 Å². The Bertz CT molecular complexity index is 624. The zero-order valence-corrected chi connectivity index (χ0v) is 14.7. The van der Waals surface area contributed by atoms with Crippen molar-refractivity contribution in [2.24, 2.45) is 0 Å². The van der Waals surface area contributed by atoms with E-state index in [0.717, 1.165) is 16.0 Å². The monoisotopic (exact) mass is 429 g/mol. The van der Waals surface area contributed by atoms with Crippen molar-refractivity contribution < 1.29 is 19.1 Å². The molecule has 116 valence electrons. The molecule has 2 amide bonds. The van der Waals surface area contributed by atoms with Crippen LogP contribution in [0.15, 0.2) is 30.4 Å². The molecule has 0 aromatic heterocycles. The van der Waals surface area contributed by atoms with Crippen molar-refractivity contribution in [3.63, 3.8) is 0 Å². The van der Waals surface area contributed by atoms with Gasteiger partial charge >= 0.3 is 5.97 Å². The lowest BCUT2D eigenvalue weighted by Gasteiger charge is -2.14. The summed E-state index contributed by atoms with van der Waals surface area (Å²) in [6.07, 6.45) is 2.40. The van der Waals surface area contributed by atoms with Crippen LogP contribution < -0.4 is 0 Å². The van der Waals surface area contributed by atoms with Gasteiger partial charge in [-0.05, 0) is 17.2 Å². The molecule has 0 spiro atoms. The second-order valence-electron chi connectivity index (χ2n) is 4.56. The quantitative estimate of drug-likeness (QED) is 0.395. The van der Waals surface area contributed by atoms with Crippen LogP contribution in [0.4, 0.5) is 0 Å². The average Bonchev–Trinajstić information content (AvgIpc) is 2.85. The number of imide groups is 1. The van der Waals surface area contributed by atoms with Crippen LogP contribution in [0, 0.1) is 0 Å². The molecule has 0 bridgehead atoms. The second-order valence-corrected chi connectivity index (χ2v) is 5.68. The van der Waals surface area contributed by atoms with Gasteiger partial charge in [-0.2, -0.15) is 0 Å². The predicted octanol–water partition coefficient (Wildman–Crippen LogP) is 2.56. The highest BCUT2D eigenvalue weighted by Crippen LogP contribution is 2.18. The first-order valence-corrected chi connectivity index (χ1v) is 8.75. The van der Waals surface area contributed by atoms with Gasteiger partial charge in [0.15, 0.2) is 0 Å². The Kier molecular flexibility index (Phi) is 5.90. The van der Waals surface area contributed by atoms with E-state index in [2.05, 4.69) is 31.9 Å². The van der Waals surface area contributed by atoms with Gasteiger partial charge in [0.05, 0.1) is 12.1 Å². The number of nitrogens with zero attached hydrogens (tertiary/aromatic N) is 1. The fourth-order valence-corrected chi connectivity index (χ4v) is 2.81. The number of hydrogen-bond acceptors (Lipinski definition) is 4. The third kappa shape index (κ3) is 3.84. The van der Waals surface area contributed by atoms with Gasteiger partial charge in [-0.15, -0.1) is 0 Å². The van der Waals surface area contributed by atoms with Crippen molar-refractivity contribution in [1.29, 1.82) is 0 Å². The zero-order valence-electron chi connectivity index (χ0n) is 11.6. The molecular weight excluding hydrogens is 418 g/mol. The molecule has 1 aromatic rings. The summed E-state index contributed by atoms with van der Waals surface area (Å²) in [5, 5.41) is 1.17. The normalized spacial score (nSPS) is 13.8. The summed E-state index contributed by atoms with van der Waals surface area (Å²) in [5.74, 6) is -1.24. The summed E-state index contributed by atoms with van der Waals surface area (Å²) in [5.41, 5.74) is 2.27. The lowest BCUT2D eigenvalue weighted by atomic mass is 10.1. The van der Waals surface area contributed by atoms with Crippen molar-refractivity contribution in [2.75, 3.05) is 13.2 Å². The molecule has 5 nitrogen and oxygen atoms in total. The number of carbonyl (C=O) groups is 3. The molecule has 0 unspecified atom stereocenters. The molecule has 22 heavy (non-hydrogen) atoms. The molecule has 0 atom stereocenters. The van der Waals surface area contributed by atoms with Crippen LogP contribution in [0.25, 0.3) is 0 Å².